The molecule has 2 aromatic heterocycles. The Hall–Kier alpha value is -3.23. The average Bonchev–Trinajstić information content (AvgIpc) is 3.12. The van der Waals surface area contributed by atoms with Crippen molar-refractivity contribution in [2.75, 3.05) is 6.54 Å². The van der Waals surface area contributed by atoms with Crippen LogP contribution >= 0.6 is 12.4 Å². The van der Waals surface area contributed by atoms with Crippen LogP contribution in [0.15, 0.2) is 41.2 Å². The summed E-state index contributed by atoms with van der Waals surface area (Å²) < 4.78 is 12.4. The van der Waals surface area contributed by atoms with Gasteiger partial charge in [0, 0.05) is 16.5 Å². The van der Waals surface area contributed by atoms with E-state index in [0.717, 1.165) is 16.5 Å². The zero-order chi connectivity index (χ0) is 21.0. The molecular formula is C22H20ClN3O5. The summed E-state index contributed by atoms with van der Waals surface area (Å²) in [4.78, 5) is 42.8. The average molecular weight is 442 g/mol. The van der Waals surface area contributed by atoms with Gasteiger partial charge in [0.15, 0.2) is 0 Å². The van der Waals surface area contributed by atoms with Crippen molar-refractivity contribution in [1.29, 1.82) is 0 Å². The van der Waals surface area contributed by atoms with Crippen LogP contribution in [0, 0.1) is 0 Å². The van der Waals surface area contributed by atoms with E-state index >= 15 is 0 Å². The first kappa shape index (κ1) is 21.0. The summed E-state index contributed by atoms with van der Waals surface area (Å²) in [7, 11) is 0. The number of para-hydroxylation sites is 1. The van der Waals surface area contributed by atoms with Crippen LogP contribution in [-0.2, 0) is 37.8 Å². The minimum Gasteiger partial charge on any atom is -0.457 e. The maximum absolute atomic E-state index is 13.3. The predicted molar refractivity (Wildman–Crippen MR) is 115 cm³/mol. The molecule has 5 rings (SSSR count). The van der Waals surface area contributed by atoms with E-state index in [2.05, 4.69) is 0 Å². The number of halogens is 1. The molecule has 8 nitrogen and oxygen atoms in total. The lowest BCUT2D eigenvalue weighted by Gasteiger charge is -2.35. The van der Waals surface area contributed by atoms with Gasteiger partial charge in [-0.25, -0.2) is 9.78 Å². The zero-order valence-corrected chi connectivity index (χ0v) is 17.5. The lowest BCUT2D eigenvalue weighted by Crippen LogP contribution is -2.48. The van der Waals surface area contributed by atoms with Crippen molar-refractivity contribution in [3.63, 3.8) is 0 Å². The number of nitrogens with two attached hydrogens (primary N) is 1. The molecule has 0 saturated carbocycles. The second-order valence-electron chi connectivity index (χ2n) is 7.44. The monoisotopic (exact) mass is 441 g/mol. The van der Waals surface area contributed by atoms with Crippen LogP contribution in [0.3, 0.4) is 0 Å². The van der Waals surface area contributed by atoms with Crippen molar-refractivity contribution >= 4 is 35.2 Å². The van der Waals surface area contributed by atoms with Gasteiger partial charge >= 0.3 is 11.9 Å². The maximum atomic E-state index is 13.3. The van der Waals surface area contributed by atoms with Gasteiger partial charge in [-0.3, -0.25) is 9.59 Å². The van der Waals surface area contributed by atoms with E-state index in [1.54, 1.807) is 17.6 Å². The van der Waals surface area contributed by atoms with E-state index in [0.29, 0.717) is 29.1 Å². The van der Waals surface area contributed by atoms with Gasteiger partial charge in [0.25, 0.3) is 5.56 Å². The van der Waals surface area contributed by atoms with Crippen molar-refractivity contribution in [3.8, 4) is 11.4 Å². The highest BCUT2D eigenvalue weighted by Crippen LogP contribution is 2.40. The molecule has 2 aliphatic rings. The van der Waals surface area contributed by atoms with E-state index in [1.807, 2.05) is 30.3 Å². The third-order valence-corrected chi connectivity index (χ3v) is 5.84. The topological polar surface area (TPSA) is 114 Å². The number of cyclic esters (lactones) is 1. The van der Waals surface area contributed by atoms with Crippen molar-refractivity contribution < 1.29 is 19.1 Å². The summed E-state index contributed by atoms with van der Waals surface area (Å²) in [6, 6.07) is 11.5. The molecule has 1 aromatic carbocycles. The number of ether oxygens (including phenoxy) is 2. The van der Waals surface area contributed by atoms with Crippen molar-refractivity contribution in [2.45, 2.75) is 32.1 Å². The summed E-state index contributed by atoms with van der Waals surface area (Å²) in [5.41, 5.74) is 7.09. The fraction of sp³-hybridized carbons (Fsp3) is 0.273. The number of aromatic nitrogens is 2. The molecule has 2 N–H and O–H groups in total. The first-order valence-electron chi connectivity index (χ1n) is 9.74. The minimum absolute atomic E-state index is 0. The molecule has 0 spiro atoms. The normalized spacial score (nSPS) is 18.5. The molecule has 3 aromatic rings. The van der Waals surface area contributed by atoms with E-state index < -0.39 is 17.5 Å². The number of carbonyl (C=O) groups is 2. The molecule has 4 heterocycles. The SMILES string of the molecule is CC[C@]1(OC(=O)CN)C(=O)OCc2c1cc1n(c2=O)Cc2cc3ccccc3nc2-1.Cl. The highest BCUT2D eigenvalue weighted by atomic mass is 35.5. The van der Waals surface area contributed by atoms with E-state index in [-0.39, 0.29) is 37.5 Å². The molecule has 31 heavy (non-hydrogen) atoms. The highest BCUT2D eigenvalue weighted by molar-refractivity contribution is 5.88. The van der Waals surface area contributed by atoms with Crippen molar-refractivity contribution in [2.24, 2.45) is 5.73 Å². The molecule has 2 aliphatic heterocycles. The predicted octanol–water partition coefficient (Wildman–Crippen LogP) is 2.01. The fourth-order valence-electron chi connectivity index (χ4n) is 4.32. The van der Waals surface area contributed by atoms with E-state index in [4.69, 9.17) is 20.2 Å². The molecular weight excluding hydrogens is 422 g/mol. The number of carbonyl (C=O) groups excluding carboxylic acids is 2. The summed E-state index contributed by atoms with van der Waals surface area (Å²) in [5, 5.41) is 0.986. The molecule has 0 bridgehead atoms. The molecule has 1 atom stereocenters. The van der Waals surface area contributed by atoms with Crippen LogP contribution in [0.5, 0.6) is 0 Å². The number of esters is 2. The Bertz CT molecular complexity index is 1300. The Labute approximate surface area is 183 Å². The molecule has 0 saturated heterocycles. The number of fused-ring (bicyclic) bond motifs is 5. The third kappa shape index (κ3) is 2.94. The zero-order valence-electron chi connectivity index (χ0n) is 16.7. The van der Waals surface area contributed by atoms with Crippen molar-refractivity contribution in [3.05, 3.63) is 63.4 Å². The first-order valence-corrected chi connectivity index (χ1v) is 9.74. The van der Waals surface area contributed by atoms with Crippen LogP contribution in [0.4, 0.5) is 0 Å². The standard InChI is InChI=1S/C22H19N3O5.ClH/c1-2-22(30-18(26)9-23)15-8-17-19-13(7-12-5-3-4-6-16(12)24-19)10-25(17)20(27)14(15)11-29-21(22)28;/h3-8H,2,9-11,23H2,1H3;1H/t22-;/m1./s1. The first-order chi connectivity index (χ1) is 14.5. The van der Waals surface area contributed by atoms with E-state index in [1.165, 1.54) is 0 Å². The largest absolute Gasteiger partial charge is 0.457 e. The number of hydrogen-bond donors (Lipinski definition) is 1. The lowest BCUT2D eigenvalue weighted by molar-refractivity contribution is -0.188. The third-order valence-electron chi connectivity index (χ3n) is 5.84. The summed E-state index contributed by atoms with van der Waals surface area (Å²) in [6.07, 6.45) is 0.117. The van der Waals surface area contributed by atoms with Gasteiger partial charge in [0.2, 0.25) is 5.60 Å². The smallest absolute Gasteiger partial charge is 0.355 e. The van der Waals surface area contributed by atoms with Gasteiger partial charge in [0.1, 0.15) is 6.61 Å². The molecule has 0 fully saturated rings. The Morgan fingerprint density at radius 1 is 1.29 bits per heavy atom. The van der Waals surface area contributed by atoms with Crippen LogP contribution in [0.1, 0.15) is 30.0 Å². The fourth-order valence-corrected chi connectivity index (χ4v) is 4.32. The lowest BCUT2D eigenvalue weighted by atomic mass is 9.85. The second kappa shape index (κ2) is 7.47. The molecule has 0 radical (unpaired) electrons. The van der Waals surface area contributed by atoms with Gasteiger partial charge in [-0.1, -0.05) is 25.1 Å². The summed E-state index contributed by atoms with van der Waals surface area (Å²) in [6.45, 7) is 1.53. The van der Waals surface area contributed by atoms with Crippen LogP contribution in [0.25, 0.3) is 22.3 Å². The molecule has 0 aliphatic carbocycles. The number of pyridine rings is 2. The molecule has 0 amide bonds. The van der Waals surface area contributed by atoms with Crippen LogP contribution in [0.2, 0.25) is 0 Å². The van der Waals surface area contributed by atoms with E-state index in [9.17, 15) is 14.4 Å². The quantitative estimate of drug-likeness (QED) is 0.484. The minimum atomic E-state index is -1.70. The Balaban J connectivity index is 0.00000231. The molecule has 0 unspecified atom stereocenters. The second-order valence-corrected chi connectivity index (χ2v) is 7.44. The van der Waals surface area contributed by atoms with Crippen LogP contribution in [-0.4, -0.2) is 28.0 Å². The number of benzene rings is 1. The van der Waals surface area contributed by atoms with Gasteiger partial charge < -0.3 is 19.8 Å². The number of hydrogen-bond acceptors (Lipinski definition) is 7. The van der Waals surface area contributed by atoms with Crippen molar-refractivity contribution in [1.82, 2.24) is 9.55 Å². The molecule has 160 valence electrons. The Morgan fingerprint density at radius 3 is 2.81 bits per heavy atom. The van der Waals surface area contributed by atoms with Crippen LogP contribution < -0.4 is 11.3 Å². The maximum Gasteiger partial charge on any atom is 0.355 e. The van der Waals surface area contributed by atoms with Gasteiger partial charge in [-0.15, -0.1) is 12.4 Å². The summed E-state index contributed by atoms with van der Waals surface area (Å²) in [5.74, 6) is -1.44. The van der Waals surface area contributed by atoms with Gasteiger partial charge in [-0.05, 0) is 24.6 Å². The van der Waals surface area contributed by atoms with Gasteiger partial charge in [0.05, 0.1) is 35.6 Å². The highest BCUT2D eigenvalue weighted by Gasteiger charge is 2.50. The molecule has 9 heteroatoms. The number of rotatable bonds is 3. The van der Waals surface area contributed by atoms with Gasteiger partial charge in [-0.2, -0.15) is 0 Å². The Kier molecular flexibility index (Phi) is 5.07. The summed E-state index contributed by atoms with van der Waals surface area (Å²) >= 11 is 0. The Morgan fingerprint density at radius 2 is 2.06 bits per heavy atom. The number of nitrogens with zero attached hydrogens (tertiary/aromatic N) is 2.